The molecule has 0 atom stereocenters. The molecule has 0 fully saturated rings. The van der Waals surface area contributed by atoms with E-state index in [-0.39, 0.29) is 22.8 Å². The molecule has 3 aromatic carbocycles. The summed E-state index contributed by atoms with van der Waals surface area (Å²) in [5, 5.41) is 2.78. The number of sulfonamides is 1. The van der Waals surface area contributed by atoms with Crippen LogP contribution >= 0.6 is 0 Å². The van der Waals surface area contributed by atoms with Gasteiger partial charge in [-0.3, -0.25) is 4.79 Å². The Balaban J connectivity index is 1.88. The summed E-state index contributed by atoms with van der Waals surface area (Å²) in [6.45, 7) is 1.89. The van der Waals surface area contributed by atoms with Crippen LogP contribution in [0.25, 0.3) is 0 Å². The standard InChI is InChI=1S/C22H22N2O5S/c1-3-23-30(26,27)21-15-16(13-14-20(21)28-2)22(25)24-18-11-7-8-12-19(18)29-17-9-5-4-6-10-17/h4-15,23H,3H2,1-2H3,(H,24,25). The van der Waals surface area contributed by atoms with Crippen LogP contribution in [-0.4, -0.2) is 28.0 Å². The average molecular weight is 426 g/mol. The fourth-order valence-corrected chi connectivity index (χ4v) is 4.00. The number of amides is 1. The van der Waals surface area contributed by atoms with Crippen LogP contribution < -0.4 is 19.5 Å². The van der Waals surface area contributed by atoms with Gasteiger partial charge in [0.25, 0.3) is 5.91 Å². The number of anilines is 1. The minimum Gasteiger partial charge on any atom is -0.495 e. The molecule has 0 aliphatic carbocycles. The van der Waals surface area contributed by atoms with E-state index in [4.69, 9.17) is 9.47 Å². The summed E-state index contributed by atoms with van der Waals surface area (Å²) in [6, 6.07) is 20.4. The molecule has 3 rings (SSSR count). The van der Waals surface area contributed by atoms with E-state index in [1.54, 1.807) is 43.3 Å². The number of rotatable bonds is 8. The monoisotopic (exact) mass is 426 g/mol. The number of para-hydroxylation sites is 3. The summed E-state index contributed by atoms with van der Waals surface area (Å²) in [7, 11) is -2.44. The molecule has 0 aliphatic heterocycles. The van der Waals surface area contributed by atoms with Gasteiger partial charge >= 0.3 is 0 Å². The molecular formula is C22H22N2O5S. The van der Waals surface area contributed by atoms with Crippen molar-refractivity contribution < 1.29 is 22.7 Å². The second-order valence-electron chi connectivity index (χ2n) is 6.23. The highest BCUT2D eigenvalue weighted by molar-refractivity contribution is 7.89. The Morgan fingerprint density at radius 3 is 2.33 bits per heavy atom. The maximum absolute atomic E-state index is 12.8. The van der Waals surface area contributed by atoms with E-state index in [0.717, 1.165) is 0 Å². The zero-order valence-corrected chi connectivity index (χ0v) is 17.4. The molecule has 2 N–H and O–H groups in total. The van der Waals surface area contributed by atoms with Gasteiger partial charge in [-0.2, -0.15) is 0 Å². The molecule has 0 radical (unpaired) electrons. The van der Waals surface area contributed by atoms with Gasteiger partial charge < -0.3 is 14.8 Å². The van der Waals surface area contributed by atoms with Crippen LogP contribution in [0.3, 0.4) is 0 Å². The Labute approximate surface area is 175 Å². The maximum Gasteiger partial charge on any atom is 0.255 e. The van der Waals surface area contributed by atoms with Crippen molar-refractivity contribution in [3.63, 3.8) is 0 Å². The second-order valence-corrected chi connectivity index (χ2v) is 7.97. The number of benzene rings is 3. The van der Waals surface area contributed by atoms with Crippen molar-refractivity contribution in [3.05, 3.63) is 78.4 Å². The van der Waals surface area contributed by atoms with Crippen LogP contribution in [0.4, 0.5) is 5.69 Å². The van der Waals surface area contributed by atoms with Crippen LogP contribution in [0.2, 0.25) is 0 Å². The van der Waals surface area contributed by atoms with Gasteiger partial charge in [-0.1, -0.05) is 37.3 Å². The molecule has 0 heterocycles. The zero-order chi connectivity index (χ0) is 21.6. The normalized spacial score (nSPS) is 11.0. The molecule has 0 aromatic heterocycles. The number of carbonyl (C=O) groups is 1. The highest BCUT2D eigenvalue weighted by Gasteiger charge is 2.21. The van der Waals surface area contributed by atoms with Crippen molar-refractivity contribution >= 4 is 21.6 Å². The Morgan fingerprint density at radius 2 is 1.63 bits per heavy atom. The van der Waals surface area contributed by atoms with E-state index in [1.807, 2.05) is 18.2 Å². The van der Waals surface area contributed by atoms with E-state index in [0.29, 0.717) is 17.2 Å². The third-order valence-corrected chi connectivity index (χ3v) is 5.72. The number of carbonyl (C=O) groups excluding carboxylic acids is 1. The average Bonchev–Trinajstić information content (AvgIpc) is 2.75. The van der Waals surface area contributed by atoms with Gasteiger partial charge in [0.2, 0.25) is 10.0 Å². The topological polar surface area (TPSA) is 93.7 Å². The van der Waals surface area contributed by atoms with Crippen LogP contribution in [-0.2, 0) is 10.0 Å². The summed E-state index contributed by atoms with van der Waals surface area (Å²) in [5.41, 5.74) is 0.625. The third kappa shape index (κ3) is 4.97. The van der Waals surface area contributed by atoms with Crippen LogP contribution in [0, 0.1) is 0 Å². The SMILES string of the molecule is CCNS(=O)(=O)c1cc(C(=O)Nc2ccccc2Oc2ccccc2)ccc1OC. The first-order valence-corrected chi connectivity index (χ1v) is 10.7. The highest BCUT2D eigenvalue weighted by atomic mass is 32.2. The van der Waals surface area contributed by atoms with E-state index < -0.39 is 15.9 Å². The van der Waals surface area contributed by atoms with Crippen molar-refractivity contribution in [1.29, 1.82) is 0 Å². The van der Waals surface area contributed by atoms with E-state index in [1.165, 1.54) is 25.3 Å². The zero-order valence-electron chi connectivity index (χ0n) is 16.6. The molecule has 156 valence electrons. The lowest BCUT2D eigenvalue weighted by molar-refractivity contribution is 0.102. The van der Waals surface area contributed by atoms with Gasteiger partial charge in [0.15, 0.2) is 5.75 Å². The molecule has 0 unspecified atom stereocenters. The lowest BCUT2D eigenvalue weighted by atomic mass is 10.2. The number of ether oxygens (including phenoxy) is 2. The van der Waals surface area contributed by atoms with E-state index in [2.05, 4.69) is 10.0 Å². The summed E-state index contributed by atoms with van der Waals surface area (Å²) in [5.74, 6) is 0.767. The van der Waals surface area contributed by atoms with Gasteiger partial charge in [0.1, 0.15) is 16.4 Å². The lowest BCUT2D eigenvalue weighted by Crippen LogP contribution is -2.24. The molecule has 1 amide bonds. The fourth-order valence-electron chi connectivity index (χ4n) is 2.76. The molecule has 0 saturated heterocycles. The molecule has 0 saturated carbocycles. The van der Waals surface area contributed by atoms with Gasteiger partial charge in [0, 0.05) is 12.1 Å². The number of hydrogen-bond donors (Lipinski definition) is 2. The molecule has 3 aromatic rings. The van der Waals surface area contributed by atoms with Crippen LogP contribution in [0.15, 0.2) is 77.7 Å². The first-order chi connectivity index (χ1) is 14.4. The Hall–Kier alpha value is -3.36. The molecule has 0 spiro atoms. The molecule has 8 heteroatoms. The van der Waals surface area contributed by atoms with Crippen LogP contribution in [0.1, 0.15) is 17.3 Å². The lowest BCUT2D eigenvalue weighted by Gasteiger charge is -2.14. The summed E-state index contributed by atoms with van der Waals surface area (Å²) in [4.78, 5) is 12.7. The Bertz CT molecular complexity index is 1130. The van der Waals surface area contributed by atoms with Gasteiger partial charge in [-0.25, -0.2) is 13.1 Å². The molecule has 0 aliphatic rings. The summed E-state index contributed by atoms with van der Waals surface area (Å²) in [6.07, 6.45) is 0. The number of methoxy groups -OCH3 is 1. The molecular weight excluding hydrogens is 404 g/mol. The van der Waals surface area contributed by atoms with Gasteiger partial charge in [0.05, 0.1) is 12.8 Å². The van der Waals surface area contributed by atoms with Crippen molar-refractivity contribution in [2.75, 3.05) is 19.0 Å². The smallest absolute Gasteiger partial charge is 0.255 e. The van der Waals surface area contributed by atoms with Crippen molar-refractivity contribution in [2.45, 2.75) is 11.8 Å². The van der Waals surface area contributed by atoms with Gasteiger partial charge in [-0.05, 0) is 42.5 Å². The third-order valence-electron chi connectivity index (χ3n) is 4.16. The Morgan fingerprint density at radius 1 is 0.933 bits per heavy atom. The predicted molar refractivity (Wildman–Crippen MR) is 115 cm³/mol. The first kappa shape index (κ1) is 21.4. The summed E-state index contributed by atoms with van der Waals surface area (Å²) < 4.78 is 38.3. The highest BCUT2D eigenvalue weighted by Crippen LogP contribution is 2.30. The van der Waals surface area contributed by atoms with Crippen LogP contribution in [0.5, 0.6) is 17.2 Å². The summed E-state index contributed by atoms with van der Waals surface area (Å²) >= 11 is 0. The maximum atomic E-state index is 12.8. The van der Waals surface area contributed by atoms with E-state index in [9.17, 15) is 13.2 Å². The van der Waals surface area contributed by atoms with Crippen molar-refractivity contribution in [1.82, 2.24) is 4.72 Å². The first-order valence-electron chi connectivity index (χ1n) is 9.25. The number of nitrogens with one attached hydrogen (secondary N) is 2. The molecule has 30 heavy (non-hydrogen) atoms. The minimum atomic E-state index is -3.81. The van der Waals surface area contributed by atoms with E-state index >= 15 is 0 Å². The molecule has 0 bridgehead atoms. The largest absolute Gasteiger partial charge is 0.495 e. The van der Waals surface area contributed by atoms with Crippen molar-refractivity contribution in [3.8, 4) is 17.2 Å². The number of hydrogen-bond acceptors (Lipinski definition) is 5. The minimum absolute atomic E-state index is 0.103. The molecule has 7 nitrogen and oxygen atoms in total. The van der Waals surface area contributed by atoms with Gasteiger partial charge in [-0.15, -0.1) is 0 Å². The fraction of sp³-hybridized carbons (Fsp3) is 0.136. The predicted octanol–water partition coefficient (Wildman–Crippen LogP) is 4.04. The quantitative estimate of drug-likeness (QED) is 0.567. The van der Waals surface area contributed by atoms with Crippen molar-refractivity contribution in [2.24, 2.45) is 0 Å². The Kier molecular flexibility index (Phi) is 6.71. The second kappa shape index (κ2) is 9.43.